The van der Waals surface area contributed by atoms with Crippen molar-refractivity contribution < 1.29 is 4.79 Å². The van der Waals surface area contributed by atoms with Crippen LogP contribution >= 0.6 is 11.3 Å². The fourth-order valence-electron chi connectivity index (χ4n) is 1.57. The van der Waals surface area contributed by atoms with Gasteiger partial charge in [0.15, 0.2) is 0 Å². The first kappa shape index (κ1) is 10.0. The van der Waals surface area contributed by atoms with Crippen molar-refractivity contribution in [2.75, 3.05) is 5.32 Å². The lowest BCUT2D eigenvalue weighted by molar-refractivity contribution is 0.103. The number of aromatic amines is 1. The predicted molar refractivity (Wildman–Crippen MR) is 68.4 cm³/mol. The lowest BCUT2D eigenvalue weighted by Crippen LogP contribution is -2.09. The number of fused-ring (bicyclic) bond motifs is 1. The van der Waals surface area contributed by atoms with Gasteiger partial charge in [-0.2, -0.15) is 5.10 Å². The number of nitrogens with zero attached hydrogens (tertiary/aromatic N) is 1. The lowest BCUT2D eigenvalue weighted by Gasteiger charge is -2.01. The summed E-state index contributed by atoms with van der Waals surface area (Å²) in [6.07, 6.45) is 1.71. The molecule has 2 aromatic heterocycles. The van der Waals surface area contributed by atoms with Gasteiger partial charge in [-0.05, 0) is 18.2 Å². The number of para-hydroxylation sites is 1. The largest absolute Gasteiger partial charge is 0.321 e. The number of H-pyrrole nitrogens is 1. The van der Waals surface area contributed by atoms with Crippen LogP contribution in [0.15, 0.2) is 42.6 Å². The number of hydrogen-bond acceptors (Lipinski definition) is 3. The number of hydrogen-bond donors (Lipinski definition) is 2. The summed E-state index contributed by atoms with van der Waals surface area (Å²) in [6.45, 7) is 0. The highest BCUT2D eigenvalue weighted by molar-refractivity contribution is 7.20. The maximum Gasteiger partial charge on any atom is 0.265 e. The van der Waals surface area contributed by atoms with E-state index in [4.69, 9.17) is 0 Å². The van der Waals surface area contributed by atoms with Gasteiger partial charge in [-0.1, -0.05) is 18.2 Å². The summed E-state index contributed by atoms with van der Waals surface area (Å²) >= 11 is 1.40. The Bertz CT molecular complexity index is 628. The summed E-state index contributed by atoms with van der Waals surface area (Å²) in [5.41, 5.74) is 0.799. The van der Waals surface area contributed by atoms with Crippen molar-refractivity contribution in [2.24, 2.45) is 0 Å². The zero-order chi connectivity index (χ0) is 11.7. The van der Waals surface area contributed by atoms with Crippen molar-refractivity contribution in [3.05, 3.63) is 47.5 Å². The third-order valence-electron chi connectivity index (χ3n) is 2.39. The van der Waals surface area contributed by atoms with Crippen LogP contribution in [0.3, 0.4) is 0 Å². The van der Waals surface area contributed by atoms with Crippen LogP contribution in [0.4, 0.5) is 5.69 Å². The first-order chi connectivity index (χ1) is 8.33. The van der Waals surface area contributed by atoms with Crippen molar-refractivity contribution in [3.63, 3.8) is 0 Å². The van der Waals surface area contributed by atoms with E-state index in [1.54, 1.807) is 6.20 Å². The van der Waals surface area contributed by atoms with Gasteiger partial charge in [0, 0.05) is 11.1 Å². The molecule has 0 fully saturated rings. The second-order valence-electron chi connectivity index (χ2n) is 3.59. The van der Waals surface area contributed by atoms with Crippen LogP contribution in [0.2, 0.25) is 0 Å². The highest BCUT2D eigenvalue weighted by Crippen LogP contribution is 2.23. The number of amides is 1. The molecule has 2 heterocycles. The average molecular weight is 243 g/mol. The Hall–Kier alpha value is -2.14. The summed E-state index contributed by atoms with van der Waals surface area (Å²) in [6, 6.07) is 11.2. The van der Waals surface area contributed by atoms with Crippen molar-refractivity contribution in [3.8, 4) is 0 Å². The van der Waals surface area contributed by atoms with Gasteiger partial charge < -0.3 is 5.32 Å². The molecule has 5 heteroatoms. The Morgan fingerprint density at radius 1 is 1.29 bits per heavy atom. The molecule has 0 saturated carbocycles. The van der Waals surface area contributed by atoms with Crippen molar-refractivity contribution >= 4 is 33.1 Å². The molecular weight excluding hydrogens is 234 g/mol. The maximum absolute atomic E-state index is 11.9. The molecule has 0 unspecified atom stereocenters. The Kier molecular flexibility index (Phi) is 2.38. The Balaban J connectivity index is 1.85. The lowest BCUT2D eigenvalue weighted by atomic mass is 10.3. The molecule has 2 N–H and O–H groups in total. The van der Waals surface area contributed by atoms with Crippen LogP contribution < -0.4 is 5.32 Å². The second kappa shape index (κ2) is 4.03. The molecule has 84 valence electrons. The minimum absolute atomic E-state index is 0.0919. The van der Waals surface area contributed by atoms with E-state index < -0.39 is 0 Å². The Labute approximate surface area is 101 Å². The average Bonchev–Trinajstić information content (AvgIpc) is 2.90. The molecule has 3 rings (SSSR count). The number of aromatic nitrogens is 2. The van der Waals surface area contributed by atoms with E-state index in [1.807, 2.05) is 36.4 Å². The Morgan fingerprint density at radius 3 is 2.88 bits per heavy atom. The van der Waals surface area contributed by atoms with Gasteiger partial charge in [0.1, 0.15) is 4.83 Å². The number of rotatable bonds is 2. The summed E-state index contributed by atoms with van der Waals surface area (Å²) in [5.74, 6) is -0.0919. The summed E-state index contributed by atoms with van der Waals surface area (Å²) in [7, 11) is 0. The highest BCUT2D eigenvalue weighted by Gasteiger charge is 2.11. The third kappa shape index (κ3) is 1.92. The molecule has 0 aliphatic heterocycles. The monoisotopic (exact) mass is 243 g/mol. The van der Waals surface area contributed by atoms with Gasteiger partial charge in [-0.3, -0.25) is 9.89 Å². The Morgan fingerprint density at radius 2 is 2.12 bits per heavy atom. The minimum Gasteiger partial charge on any atom is -0.321 e. The number of carbonyl (C=O) groups excluding carboxylic acids is 1. The van der Waals surface area contributed by atoms with Gasteiger partial charge in [-0.25, -0.2) is 0 Å². The third-order valence-corrected chi connectivity index (χ3v) is 3.44. The smallest absolute Gasteiger partial charge is 0.265 e. The zero-order valence-corrected chi connectivity index (χ0v) is 9.62. The molecule has 0 spiro atoms. The van der Waals surface area contributed by atoms with Gasteiger partial charge >= 0.3 is 0 Å². The number of anilines is 1. The SMILES string of the molecule is O=C(Nc1ccccc1)c1cc2cn[nH]c2s1. The quantitative estimate of drug-likeness (QED) is 0.727. The summed E-state index contributed by atoms with van der Waals surface area (Å²) in [4.78, 5) is 13.5. The van der Waals surface area contributed by atoms with Crippen molar-refractivity contribution in [1.29, 1.82) is 0 Å². The minimum atomic E-state index is -0.0919. The van der Waals surface area contributed by atoms with Crippen LogP contribution in [-0.2, 0) is 0 Å². The first-order valence-electron chi connectivity index (χ1n) is 5.12. The predicted octanol–water partition coefficient (Wildman–Crippen LogP) is 2.88. The molecule has 0 radical (unpaired) electrons. The number of thiophene rings is 1. The van der Waals surface area contributed by atoms with Crippen LogP contribution in [0.5, 0.6) is 0 Å². The van der Waals surface area contributed by atoms with E-state index in [2.05, 4.69) is 15.5 Å². The van der Waals surface area contributed by atoms with E-state index in [-0.39, 0.29) is 5.91 Å². The van der Waals surface area contributed by atoms with Crippen molar-refractivity contribution in [2.45, 2.75) is 0 Å². The molecule has 0 aliphatic rings. The molecule has 0 saturated heterocycles. The fourth-order valence-corrected chi connectivity index (χ4v) is 2.45. The van der Waals surface area contributed by atoms with Gasteiger partial charge in [0.2, 0.25) is 0 Å². The standard InChI is InChI=1S/C12H9N3OS/c16-11(14-9-4-2-1-3-5-9)10-6-8-7-13-15-12(8)17-10/h1-7H,(H,13,15)(H,14,16). The first-order valence-corrected chi connectivity index (χ1v) is 5.94. The van der Waals surface area contributed by atoms with Crippen LogP contribution in [0.25, 0.3) is 10.2 Å². The van der Waals surface area contributed by atoms with Crippen LogP contribution in [0.1, 0.15) is 9.67 Å². The molecule has 17 heavy (non-hydrogen) atoms. The van der Waals surface area contributed by atoms with E-state index in [1.165, 1.54) is 11.3 Å². The molecule has 0 bridgehead atoms. The number of nitrogens with one attached hydrogen (secondary N) is 2. The second-order valence-corrected chi connectivity index (χ2v) is 4.64. The molecular formula is C12H9N3OS. The molecule has 3 aromatic rings. The summed E-state index contributed by atoms with van der Waals surface area (Å²) < 4.78 is 0. The van der Waals surface area contributed by atoms with Crippen molar-refractivity contribution in [1.82, 2.24) is 10.2 Å². The van der Waals surface area contributed by atoms with E-state index >= 15 is 0 Å². The number of carbonyl (C=O) groups is 1. The van der Waals surface area contributed by atoms with Crippen LogP contribution in [0, 0.1) is 0 Å². The molecule has 1 aromatic carbocycles. The topological polar surface area (TPSA) is 57.8 Å². The maximum atomic E-state index is 11.9. The van der Waals surface area contributed by atoms with Gasteiger partial charge in [-0.15, -0.1) is 11.3 Å². The fraction of sp³-hybridized carbons (Fsp3) is 0. The highest BCUT2D eigenvalue weighted by atomic mass is 32.1. The van der Waals surface area contributed by atoms with Gasteiger partial charge in [0.05, 0.1) is 11.1 Å². The van der Waals surface area contributed by atoms with E-state index in [0.29, 0.717) is 4.88 Å². The molecule has 1 amide bonds. The van der Waals surface area contributed by atoms with Gasteiger partial charge in [0.25, 0.3) is 5.91 Å². The zero-order valence-electron chi connectivity index (χ0n) is 8.81. The summed E-state index contributed by atoms with van der Waals surface area (Å²) in [5, 5.41) is 10.6. The molecule has 4 nitrogen and oxygen atoms in total. The van der Waals surface area contributed by atoms with Crippen LogP contribution in [-0.4, -0.2) is 16.1 Å². The number of benzene rings is 1. The normalized spacial score (nSPS) is 10.6. The van der Waals surface area contributed by atoms with E-state index in [9.17, 15) is 4.79 Å². The molecule has 0 aliphatic carbocycles. The van der Waals surface area contributed by atoms with E-state index in [0.717, 1.165) is 15.9 Å². The molecule has 0 atom stereocenters.